The lowest BCUT2D eigenvalue weighted by Crippen LogP contribution is -2.35. The second kappa shape index (κ2) is 6.26. The number of aryl methyl sites for hydroxylation is 1. The van der Waals surface area contributed by atoms with Crippen LogP contribution in [0.15, 0.2) is 54.6 Å². The number of para-hydroxylation sites is 2. The fourth-order valence-corrected chi connectivity index (χ4v) is 4.36. The lowest BCUT2D eigenvalue weighted by Gasteiger charge is -2.21. The summed E-state index contributed by atoms with van der Waals surface area (Å²) < 4.78 is 42.7. The first kappa shape index (κ1) is 16.5. The van der Waals surface area contributed by atoms with Crippen LogP contribution >= 0.6 is 0 Å². The highest BCUT2D eigenvalue weighted by molar-refractivity contribution is 7.95. The molecule has 0 aliphatic carbocycles. The Balaban J connectivity index is 2.15. The molecule has 2 aromatic rings. The van der Waals surface area contributed by atoms with Crippen molar-refractivity contribution in [2.75, 3.05) is 21.7 Å². The van der Waals surface area contributed by atoms with Crippen LogP contribution in [0.2, 0.25) is 0 Å². The minimum Gasteiger partial charge on any atom is -0.327 e. The van der Waals surface area contributed by atoms with Gasteiger partial charge in [0, 0.05) is 6.54 Å². The number of nitrogens with zero attached hydrogens (tertiary/aromatic N) is 2. The molecule has 126 valence electrons. The van der Waals surface area contributed by atoms with Gasteiger partial charge in [-0.05, 0) is 36.8 Å². The number of hydrogen-bond acceptors (Lipinski definition) is 3. The molecule has 2 N–H and O–H groups in total. The third kappa shape index (κ3) is 2.65. The summed E-state index contributed by atoms with van der Waals surface area (Å²) in [6.07, 6.45) is 3.37. The van der Waals surface area contributed by atoms with E-state index in [1.807, 2.05) is 0 Å². The van der Waals surface area contributed by atoms with Gasteiger partial charge in [0.15, 0.2) is 0 Å². The van der Waals surface area contributed by atoms with Gasteiger partial charge in [0.25, 0.3) is 0 Å². The molecule has 0 amide bonds. The fraction of sp³-hybridized carbons (Fsp3) is 0.176. The fourth-order valence-electron chi connectivity index (χ4n) is 2.68. The van der Waals surface area contributed by atoms with Crippen LogP contribution in [-0.2, 0) is 10.2 Å². The molecular weight excluding hydrogens is 329 g/mol. The Labute approximate surface area is 141 Å². The van der Waals surface area contributed by atoms with Crippen molar-refractivity contribution in [2.24, 2.45) is 5.73 Å². The van der Waals surface area contributed by atoms with E-state index in [0.717, 1.165) is 9.87 Å². The maximum absolute atomic E-state index is 14.4. The van der Waals surface area contributed by atoms with Gasteiger partial charge in [0.05, 0.1) is 23.6 Å². The largest absolute Gasteiger partial charge is 0.331 e. The van der Waals surface area contributed by atoms with Crippen molar-refractivity contribution in [3.63, 3.8) is 0 Å². The van der Waals surface area contributed by atoms with E-state index in [2.05, 4.69) is 0 Å². The van der Waals surface area contributed by atoms with Crippen LogP contribution < -0.4 is 14.3 Å². The molecule has 1 aliphatic rings. The van der Waals surface area contributed by atoms with Gasteiger partial charge in [-0.25, -0.2) is 13.0 Å². The number of anilines is 3. The summed E-state index contributed by atoms with van der Waals surface area (Å²) in [5.74, 6) is -0.576. The van der Waals surface area contributed by atoms with E-state index >= 15 is 0 Å². The standard InChI is InChI=1S/C17H18FN3O2S/c1-13-8-9-15(14(18)12-13)21-17-7-3-2-6-16(17)20(24(21,22)23)11-5-4-10-19/h2-9,12H,10-11,19H2,1H3/b5-4+. The first-order chi connectivity index (χ1) is 11.5. The van der Waals surface area contributed by atoms with Gasteiger partial charge < -0.3 is 5.73 Å². The lowest BCUT2D eigenvalue weighted by atomic mass is 10.2. The minimum absolute atomic E-state index is 0.0124. The van der Waals surface area contributed by atoms with Crippen molar-refractivity contribution >= 4 is 27.3 Å². The number of hydrogen-bond donors (Lipinski definition) is 1. The molecule has 0 saturated carbocycles. The van der Waals surface area contributed by atoms with E-state index in [-0.39, 0.29) is 12.2 Å². The average Bonchev–Trinajstić information content (AvgIpc) is 2.76. The van der Waals surface area contributed by atoms with E-state index in [0.29, 0.717) is 17.9 Å². The van der Waals surface area contributed by atoms with E-state index in [4.69, 9.17) is 5.73 Å². The summed E-state index contributed by atoms with van der Waals surface area (Å²) in [6.45, 7) is 2.22. The molecule has 1 aliphatic heterocycles. The van der Waals surface area contributed by atoms with Crippen LogP contribution in [-0.4, -0.2) is 21.5 Å². The van der Waals surface area contributed by atoms with Gasteiger partial charge in [-0.3, -0.25) is 0 Å². The lowest BCUT2D eigenvalue weighted by molar-refractivity contribution is 0.592. The van der Waals surface area contributed by atoms with E-state index < -0.39 is 16.0 Å². The molecule has 0 saturated heterocycles. The van der Waals surface area contributed by atoms with Crippen molar-refractivity contribution < 1.29 is 12.8 Å². The van der Waals surface area contributed by atoms with Crippen LogP contribution in [0, 0.1) is 12.7 Å². The minimum atomic E-state index is -3.92. The zero-order chi connectivity index (χ0) is 17.3. The molecular formula is C17H18FN3O2S. The smallest absolute Gasteiger partial charge is 0.327 e. The van der Waals surface area contributed by atoms with Crippen molar-refractivity contribution in [1.82, 2.24) is 0 Å². The highest BCUT2D eigenvalue weighted by Crippen LogP contribution is 2.45. The second-order valence-corrected chi connectivity index (χ2v) is 7.16. The molecule has 0 bridgehead atoms. The van der Waals surface area contributed by atoms with Crippen LogP contribution in [0.4, 0.5) is 21.5 Å². The van der Waals surface area contributed by atoms with Crippen LogP contribution in [0.3, 0.4) is 0 Å². The Morgan fingerprint density at radius 3 is 2.46 bits per heavy atom. The summed E-state index contributed by atoms with van der Waals surface area (Å²) in [5, 5.41) is 0. The normalized spacial score (nSPS) is 16.0. The van der Waals surface area contributed by atoms with Crippen molar-refractivity contribution in [3.05, 3.63) is 66.0 Å². The first-order valence-electron chi connectivity index (χ1n) is 7.50. The highest BCUT2D eigenvalue weighted by atomic mass is 32.2. The maximum Gasteiger partial charge on any atom is 0.331 e. The molecule has 3 rings (SSSR count). The second-order valence-electron chi connectivity index (χ2n) is 5.45. The van der Waals surface area contributed by atoms with E-state index in [1.54, 1.807) is 49.4 Å². The third-order valence-corrected chi connectivity index (χ3v) is 5.53. The number of nitrogens with two attached hydrogens (primary N) is 1. The predicted octanol–water partition coefficient (Wildman–Crippen LogP) is 2.85. The van der Waals surface area contributed by atoms with Crippen LogP contribution in [0.1, 0.15) is 5.56 Å². The summed E-state index contributed by atoms with van der Waals surface area (Å²) in [4.78, 5) is 0. The zero-order valence-corrected chi connectivity index (χ0v) is 14.0. The molecule has 0 aromatic heterocycles. The Bertz CT molecular complexity index is 896. The van der Waals surface area contributed by atoms with Gasteiger partial charge in [-0.15, -0.1) is 0 Å². The van der Waals surface area contributed by atoms with E-state index in [1.165, 1.54) is 16.4 Å². The van der Waals surface area contributed by atoms with Gasteiger partial charge in [-0.1, -0.05) is 30.4 Å². The van der Waals surface area contributed by atoms with Crippen LogP contribution in [0.25, 0.3) is 0 Å². The molecule has 24 heavy (non-hydrogen) atoms. The van der Waals surface area contributed by atoms with Crippen molar-refractivity contribution in [3.8, 4) is 0 Å². The topological polar surface area (TPSA) is 66.6 Å². The van der Waals surface area contributed by atoms with Gasteiger partial charge >= 0.3 is 10.2 Å². The van der Waals surface area contributed by atoms with E-state index in [9.17, 15) is 12.8 Å². The third-order valence-electron chi connectivity index (χ3n) is 3.77. The Hall–Kier alpha value is -2.38. The molecule has 7 heteroatoms. The molecule has 5 nitrogen and oxygen atoms in total. The number of halogens is 1. The quantitative estimate of drug-likeness (QED) is 0.865. The Kier molecular flexibility index (Phi) is 4.29. The molecule has 2 aromatic carbocycles. The predicted molar refractivity (Wildman–Crippen MR) is 94.2 cm³/mol. The SMILES string of the molecule is Cc1ccc(N2c3ccccc3N(C/C=C/CN)S2(=O)=O)c(F)c1. The van der Waals surface area contributed by atoms with Gasteiger partial charge in [-0.2, -0.15) is 8.42 Å². The summed E-state index contributed by atoms with van der Waals surface area (Å²) in [6, 6.07) is 11.3. The average molecular weight is 347 g/mol. The molecule has 1 heterocycles. The molecule has 0 fully saturated rings. The Morgan fingerprint density at radius 2 is 1.79 bits per heavy atom. The van der Waals surface area contributed by atoms with Gasteiger partial charge in [0.2, 0.25) is 0 Å². The van der Waals surface area contributed by atoms with Crippen molar-refractivity contribution in [1.29, 1.82) is 0 Å². The molecule has 0 radical (unpaired) electrons. The molecule has 0 unspecified atom stereocenters. The Morgan fingerprint density at radius 1 is 1.08 bits per heavy atom. The summed E-state index contributed by atoms with van der Waals surface area (Å²) in [7, 11) is -3.92. The van der Waals surface area contributed by atoms with Crippen LogP contribution in [0.5, 0.6) is 0 Å². The molecule has 0 spiro atoms. The van der Waals surface area contributed by atoms with Gasteiger partial charge in [0.1, 0.15) is 5.82 Å². The zero-order valence-electron chi connectivity index (χ0n) is 13.2. The summed E-state index contributed by atoms with van der Waals surface area (Å²) >= 11 is 0. The first-order valence-corrected chi connectivity index (χ1v) is 8.89. The monoisotopic (exact) mass is 347 g/mol. The maximum atomic E-state index is 14.4. The number of benzene rings is 2. The molecule has 0 atom stereocenters. The number of rotatable bonds is 4. The number of fused-ring (bicyclic) bond motifs is 1. The summed E-state index contributed by atoms with van der Waals surface area (Å²) in [5.41, 5.74) is 7.10. The van der Waals surface area contributed by atoms with Crippen molar-refractivity contribution in [2.45, 2.75) is 6.92 Å². The highest BCUT2D eigenvalue weighted by Gasteiger charge is 2.41.